The summed E-state index contributed by atoms with van der Waals surface area (Å²) in [5.41, 5.74) is 1.26. The Hall–Kier alpha value is -1.22. The molecule has 0 spiro atoms. The van der Waals surface area contributed by atoms with Gasteiger partial charge >= 0.3 is 0 Å². The van der Waals surface area contributed by atoms with Crippen molar-refractivity contribution in [1.82, 2.24) is 5.32 Å². The lowest BCUT2D eigenvalue weighted by atomic mass is 9.83. The summed E-state index contributed by atoms with van der Waals surface area (Å²) in [4.78, 5) is 0. The molecule has 2 rings (SSSR count). The summed E-state index contributed by atoms with van der Waals surface area (Å²) >= 11 is 0. The molecule has 1 saturated carbocycles. The molecule has 1 unspecified atom stereocenters. The van der Waals surface area contributed by atoms with Crippen molar-refractivity contribution in [3.63, 3.8) is 0 Å². The van der Waals surface area contributed by atoms with Gasteiger partial charge in [-0.3, -0.25) is 0 Å². The van der Waals surface area contributed by atoms with Crippen molar-refractivity contribution in [2.75, 3.05) is 20.8 Å². The van der Waals surface area contributed by atoms with Gasteiger partial charge in [0.25, 0.3) is 0 Å². The molecule has 1 aliphatic rings. The van der Waals surface area contributed by atoms with Gasteiger partial charge in [-0.15, -0.1) is 0 Å². The van der Waals surface area contributed by atoms with Crippen LogP contribution in [0.25, 0.3) is 0 Å². The third-order valence-corrected chi connectivity index (χ3v) is 4.56. The van der Waals surface area contributed by atoms with Crippen LogP contribution in [0.3, 0.4) is 0 Å². The first-order valence-electron chi connectivity index (χ1n) is 8.23. The monoisotopic (exact) mass is 291 g/mol. The highest BCUT2D eigenvalue weighted by Crippen LogP contribution is 2.36. The average molecular weight is 291 g/mol. The fourth-order valence-electron chi connectivity index (χ4n) is 3.43. The molecule has 3 heteroatoms. The van der Waals surface area contributed by atoms with Gasteiger partial charge in [-0.05, 0) is 24.9 Å². The molecule has 21 heavy (non-hydrogen) atoms. The fourth-order valence-corrected chi connectivity index (χ4v) is 3.43. The third kappa shape index (κ3) is 4.37. The van der Waals surface area contributed by atoms with Crippen molar-refractivity contribution in [2.24, 2.45) is 5.92 Å². The maximum Gasteiger partial charge on any atom is 0.127 e. The molecule has 1 fully saturated rings. The maximum atomic E-state index is 5.58. The van der Waals surface area contributed by atoms with Crippen LogP contribution in [0.1, 0.15) is 57.1 Å². The van der Waals surface area contributed by atoms with Gasteiger partial charge in [-0.25, -0.2) is 0 Å². The first-order chi connectivity index (χ1) is 10.3. The molecule has 1 aromatic carbocycles. The molecule has 0 aromatic heterocycles. The van der Waals surface area contributed by atoms with Crippen LogP contribution in [-0.2, 0) is 0 Å². The zero-order chi connectivity index (χ0) is 15.1. The van der Waals surface area contributed by atoms with E-state index in [4.69, 9.17) is 9.47 Å². The topological polar surface area (TPSA) is 30.5 Å². The Morgan fingerprint density at radius 1 is 1.14 bits per heavy atom. The molecule has 1 aromatic rings. The molecule has 0 saturated heterocycles. The van der Waals surface area contributed by atoms with Gasteiger partial charge in [-0.1, -0.05) is 45.1 Å². The van der Waals surface area contributed by atoms with Crippen molar-refractivity contribution in [2.45, 2.75) is 51.5 Å². The zero-order valence-electron chi connectivity index (χ0n) is 13.7. The Balaban J connectivity index is 2.15. The van der Waals surface area contributed by atoms with Crippen LogP contribution < -0.4 is 14.8 Å². The van der Waals surface area contributed by atoms with E-state index in [1.807, 2.05) is 12.1 Å². The van der Waals surface area contributed by atoms with E-state index < -0.39 is 0 Å². The van der Waals surface area contributed by atoms with Crippen LogP contribution in [0.2, 0.25) is 0 Å². The second-order valence-corrected chi connectivity index (χ2v) is 5.96. The van der Waals surface area contributed by atoms with Gasteiger partial charge in [0.1, 0.15) is 11.5 Å². The Kier molecular flexibility index (Phi) is 6.37. The van der Waals surface area contributed by atoms with Gasteiger partial charge in [0.05, 0.1) is 14.2 Å². The lowest BCUT2D eigenvalue weighted by molar-refractivity contribution is 0.296. The van der Waals surface area contributed by atoms with E-state index in [-0.39, 0.29) is 0 Å². The van der Waals surface area contributed by atoms with E-state index in [1.165, 1.54) is 44.1 Å². The molecule has 0 aliphatic heterocycles. The number of methoxy groups -OCH3 is 2. The van der Waals surface area contributed by atoms with Crippen LogP contribution >= 0.6 is 0 Å². The summed E-state index contributed by atoms with van der Waals surface area (Å²) in [7, 11) is 3.43. The Labute approximate surface area is 129 Å². The minimum atomic E-state index is 0.374. The number of benzene rings is 1. The van der Waals surface area contributed by atoms with Crippen molar-refractivity contribution >= 4 is 0 Å². The van der Waals surface area contributed by atoms with Crippen molar-refractivity contribution in [1.29, 1.82) is 0 Å². The molecular weight excluding hydrogens is 262 g/mol. The van der Waals surface area contributed by atoms with Gasteiger partial charge in [-0.2, -0.15) is 0 Å². The zero-order valence-corrected chi connectivity index (χ0v) is 13.7. The van der Waals surface area contributed by atoms with Crippen LogP contribution in [0, 0.1) is 5.92 Å². The maximum absolute atomic E-state index is 5.58. The number of ether oxygens (including phenoxy) is 2. The van der Waals surface area contributed by atoms with E-state index in [9.17, 15) is 0 Å². The van der Waals surface area contributed by atoms with Crippen LogP contribution in [0.5, 0.6) is 11.5 Å². The summed E-state index contributed by atoms with van der Waals surface area (Å²) in [6, 6.07) is 6.54. The smallest absolute Gasteiger partial charge is 0.127 e. The van der Waals surface area contributed by atoms with Crippen molar-refractivity contribution < 1.29 is 9.47 Å². The highest BCUT2D eigenvalue weighted by molar-refractivity contribution is 5.42. The fraction of sp³-hybridized carbons (Fsp3) is 0.667. The van der Waals surface area contributed by atoms with E-state index >= 15 is 0 Å². The summed E-state index contributed by atoms with van der Waals surface area (Å²) in [5, 5.41) is 3.64. The molecule has 1 atom stereocenters. The molecule has 0 heterocycles. The van der Waals surface area contributed by atoms with E-state index in [1.54, 1.807) is 14.2 Å². The second kappa shape index (κ2) is 8.28. The number of rotatable bonds is 7. The SMILES string of the molecule is CCNC(CC1CCCCC1)c1ccc(OC)cc1OC. The quantitative estimate of drug-likeness (QED) is 0.811. The van der Waals surface area contributed by atoms with Gasteiger partial charge in [0, 0.05) is 17.7 Å². The molecule has 118 valence electrons. The average Bonchev–Trinajstić information content (AvgIpc) is 2.55. The minimum Gasteiger partial charge on any atom is -0.497 e. The second-order valence-electron chi connectivity index (χ2n) is 5.96. The predicted molar refractivity (Wildman–Crippen MR) is 87.2 cm³/mol. The van der Waals surface area contributed by atoms with Crippen LogP contribution in [0.15, 0.2) is 18.2 Å². The Morgan fingerprint density at radius 2 is 1.90 bits per heavy atom. The third-order valence-electron chi connectivity index (χ3n) is 4.56. The first-order valence-corrected chi connectivity index (χ1v) is 8.23. The molecule has 0 bridgehead atoms. The molecule has 1 aliphatic carbocycles. The predicted octanol–water partition coefficient (Wildman–Crippen LogP) is 4.32. The standard InChI is InChI=1S/C18H29NO2/c1-4-19-17(12-14-8-6-5-7-9-14)16-11-10-15(20-2)13-18(16)21-3/h10-11,13-14,17,19H,4-9,12H2,1-3H3. The lowest BCUT2D eigenvalue weighted by Gasteiger charge is -2.28. The summed E-state index contributed by atoms with van der Waals surface area (Å²) in [6.45, 7) is 3.15. The largest absolute Gasteiger partial charge is 0.497 e. The van der Waals surface area contributed by atoms with Crippen LogP contribution in [0.4, 0.5) is 0 Å². The Morgan fingerprint density at radius 3 is 2.52 bits per heavy atom. The summed E-state index contributed by atoms with van der Waals surface area (Å²) in [5.74, 6) is 2.62. The first kappa shape index (κ1) is 16.2. The van der Waals surface area contributed by atoms with E-state index in [0.717, 1.165) is 24.0 Å². The molecule has 3 nitrogen and oxygen atoms in total. The van der Waals surface area contributed by atoms with Gasteiger partial charge < -0.3 is 14.8 Å². The highest BCUT2D eigenvalue weighted by atomic mass is 16.5. The highest BCUT2D eigenvalue weighted by Gasteiger charge is 2.22. The Bertz CT molecular complexity index is 427. The molecular formula is C18H29NO2. The van der Waals surface area contributed by atoms with E-state index in [2.05, 4.69) is 18.3 Å². The molecule has 0 radical (unpaired) electrons. The lowest BCUT2D eigenvalue weighted by Crippen LogP contribution is -2.25. The number of hydrogen-bond donors (Lipinski definition) is 1. The van der Waals surface area contributed by atoms with Gasteiger partial charge in [0.2, 0.25) is 0 Å². The van der Waals surface area contributed by atoms with Crippen molar-refractivity contribution in [3.05, 3.63) is 23.8 Å². The normalized spacial score (nSPS) is 17.5. The number of nitrogens with one attached hydrogen (secondary N) is 1. The summed E-state index contributed by atoms with van der Waals surface area (Å²) in [6.07, 6.45) is 8.15. The number of hydrogen-bond acceptors (Lipinski definition) is 3. The van der Waals surface area contributed by atoms with Crippen LogP contribution in [-0.4, -0.2) is 20.8 Å². The van der Waals surface area contributed by atoms with E-state index in [0.29, 0.717) is 6.04 Å². The molecule has 0 amide bonds. The minimum absolute atomic E-state index is 0.374. The summed E-state index contributed by atoms with van der Waals surface area (Å²) < 4.78 is 10.9. The molecule has 1 N–H and O–H groups in total. The van der Waals surface area contributed by atoms with Gasteiger partial charge in [0.15, 0.2) is 0 Å². The van der Waals surface area contributed by atoms with Crippen molar-refractivity contribution in [3.8, 4) is 11.5 Å².